The Morgan fingerprint density at radius 1 is 1.57 bits per heavy atom. The van der Waals surface area contributed by atoms with E-state index in [0.29, 0.717) is 27.4 Å². The highest BCUT2D eigenvalue weighted by Crippen LogP contribution is 2.33. The summed E-state index contributed by atoms with van der Waals surface area (Å²) in [6.45, 7) is 1.16. The van der Waals surface area contributed by atoms with Crippen LogP contribution in [0.25, 0.3) is 0 Å². The number of rotatable bonds is 2. The molecule has 1 atom stereocenters. The van der Waals surface area contributed by atoms with Crippen LogP contribution < -0.4 is 0 Å². The Balaban J connectivity index is 2.21. The van der Waals surface area contributed by atoms with Gasteiger partial charge in [-0.2, -0.15) is 0 Å². The van der Waals surface area contributed by atoms with Crippen LogP contribution in [0.15, 0.2) is 6.07 Å². The van der Waals surface area contributed by atoms with Crippen molar-refractivity contribution in [2.45, 2.75) is 6.42 Å². The van der Waals surface area contributed by atoms with E-state index in [9.17, 15) is 4.79 Å². The third-order valence-electron chi connectivity index (χ3n) is 2.22. The average molecular weight is 251 g/mol. The van der Waals surface area contributed by atoms with Crippen molar-refractivity contribution in [3.8, 4) is 0 Å². The molecule has 5 heteroatoms. The lowest BCUT2D eigenvalue weighted by Gasteiger charge is -2.04. The van der Waals surface area contributed by atoms with Gasteiger partial charge in [0.2, 0.25) is 0 Å². The molecule has 0 aromatic carbocycles. The Bertz CT molecular complexity index is 356. The van der Waals surface area contributed by atoms with E-state index in [1.807, 2.05) is 0 Å². The summed E-state index contributed by atoms with van der Waals surface area (Å²) in [5.74, 6) is 0.00816. The Hall–Kier alpha value is -0.0900. The number of thiophene rings is 1. The van der Waals surface area contributed by atoms with E-state index in [4.69, 9.17) is 27.9 Å². The highest BCUT2D eigenvalue weighted by Gasteiger charge is 2.27. The molecule has 14 heavy (non-hydrogen) atoms. The van der Waals surface area contributed by atoms with Gasteiger partial charge in [-0.15, -0.1) is 11.3 Å². The van der Waals surface area contributed by atoms with Gasteiger partial charge in [0.15, 0.2) is 5.78 Å². The molecule has 1 saturated heterocycles. The van der Waals surface area contributed by atoms with Gasteiger partial charge in [-0.05, 0) is 12.5 Å². The van der Waals surface area contributed by atoms with E-state index in [0.717, 1.165) is 6.42 Å². The number of carbonyl (C=O) groups is 1. The summed E-state index contributed by atoms with van der Waals surface area (Å²) in [4.78, 5) is 11.9. The minimum absolute atomic E-state index is 0.0434. The van der Waals surface area contributed by atoms with Crippen molar-refractivity contribution in [2.75, 3.05) is 13.2 Å². The predicted octanol–water partition coefficient (Wildman–Crippen LogP) is 3.27. The van der Waals surface area contributed by atoms with Crippen LogP contribution in [0.1, 0.15) is 16.8 Å². The lowest BCUT2D eigenvalue weighted by atomic mass is 9.99. The van der Waals surface area contributed by atoms with Crippen LogP contribution in [-0.4, -0.2) is 19.0 Å². The molecular formula is C9H8Cl2O2S. The molecule has 0 radical (unpaired) electrons. The molecule has 1 aliphatic rings. The Morgan fingerprint density at radius 2 is 2.36 bits per heavy atom. The van der Waals surface area contributed by atoms with Gasteiger partial charge in [-0.25, -0.2) is 0 Å². The number of Topliss-reactive ketones (excluding diaryl/α,β-unsaturated/α-hetero) is 1. The lowest BCUT2D eigenvalue weighted by molar-refractivity contribution is 0.0901. The minimum atomic E-state index is -0.0434. The molecule has 1 aromatic heterocycles. The summed E-state index contributed by atoms with van der Waals surface area (Å²) in [5.41, 5.74) is 0.539. The summed E-state index contributed by atoms with van der Waals surface area (Å²) < 4.78 is 6.18. The average Bonchev–Trinajstić information content (AvgIpc) is 2.73. The number of hydrogen-bond donors (Lipinski definition) is 0. The first kappa shape index (κ1) is 10.4. The number of hydrogen-bond acceptors (Lipinski definition) is 3. The summed E-state index contributed by atoms with van der Waals surface area (Å²) in [6.07, 6.45) is 0.780. The van der Waals surface area contributed by atoms with Gasteiger partial charge in [0.25, 0.3) is 0 Å². The van der Waals surface area contributed by atoms with Crippen molar-refractivity contribution in [2.24, 2.45) is 5.92 Å². The molecule has 0 spiro atoms. The zero-order valence-corrected chi connectivity index (χ0v) is 9.59. The molecule has 1 unspecified atom stereocenters. The second kappa shape index (κ2) is 4.19. The zero-order chi connectivity index (χ0) is 10.1. The van der Waals surface area contributed by atoms with Crippen molar-refractivity contribution in [3.05, 3.63) is 20.3 Å². The minimum Gasteiger partial charge on any atom is -0.381 e. The molecule has 0 aliphatic carbocycles. The SMILES string of the molecule is O=C(c1cc(Cl)sc1Cl)C1CCOC1. The first-order valence-electron chi connectivity index (χ1n) is 4.25. The monoisotopic (exact) mass is 250 g/mol. The molecule has 2 heterocycles. The van der Waals surface area contributed by atoms with Crippen LogP contribution in [0.4, 0.5) is 0 Å². The Morgan fingerprint density at radius 3 is 2.86 bits per heavy atom. The van der Waals surface area contributed by atoms with Crippen LogP contribution in [0.5, 0.6) is 0 Å². The topological polar surface area (TPSA) is 26.3 Å². The Kier molecular flexibility index (Phi) is 3.12. The molecule has 1 fully saturated rings. The van der Waals surface area contributed by atoms with E-state index in [1.165, 1.54) is 11.3 Å². The summed E-state index contributed by atoms with van der Waals surface area (Å²) in [5, 5.41) is 0. The van der Waals surface area contributed by atoms with Gasteiger partial charge in [-0.3, -0.25) is 4.79 Å². The van der Waals surface area contributed by atoms with Crippen LogP contribution in [0.2, 0.25) is 8.67 Å². The molecule has 76 valence electrons. The molecule has 2 rings (SSSR count). The standard InChI is InChI=1S/C9H8Cl2O2S/c10-7-3-6(9(11)14-7)8(12)5-1-2-13-4-5/h3,5H,1-2,4H2. The quantitative estimate of drug-likeness (QED) is 0.754. The van der Waals surface area contributed by atoms with Gasteiger partial charge < -0.3 is 4.74 Å². The van der Waals surface area contributed by atoms with E-state index in [-0.39, 0.29) is 11.7 Å². The Labute approximate surface area is 95.8 Å². The largest absolute Gasteiger partial charge is 0.381 e. The van der Waals surface area contributed by atoms with Crippen molar-refractivity contribution in [1.29, 1.82) is 0 Å². The van der Waals surface area contributed by atoms with E-state index < -0.39 is 0 Å². The molecular weight excluding hydrogens is 243 g/mol. The summed E-state index contributed by atoms with van der Waals surface area (Å²) >= 11 is 12.9. The molecule has 0 bridgehead atoms. The van der Waals surface area contributed by atoms with Gasteiger partial charge in [0, 0.05) is 18.1 Å². The molecule has 1 aliphatic heterocycles. The van der Waals surface area contributed by atoms with Gasteiger partial charge >= 0.3 is 0 Å². The molecule has 1 aromatic rings. The number of ketones is 1. The molecule has 2 nitrogen and oxygen atoms in total. The summed E-state index contributed by atoms with van der Waals surface area (Å²) in [7, 11) is 0. The van der Waals surface area contributed by atoms with Crippen molar-refractivity contribution in [3.63, 3.8) is 0 Å². The first-order valence-corrected chi connectivity index (χ1v) is 5.82. The van der Waals surface area contributed by atoms with E-state index in [2.05, 4.69) is 0 Å². The van der Waals surface area contributed by atoms with E-state index >= 15 is 0 Å². The smallest absolute Gasteiger partial charge is 0.170 e. The third kappa shape index (κ3) is 1.96. The maximum atomic E-state index is 11.9. The fraction of sp³-hybridized carbons (Fsp3) is 0.444. The van der Waals surface area contributed by atoms with E-state index in [1.54, 1.807) is 6.07 Å². The predicted molar refractivity (Wildman–Crippen MR) is 57.6 cm³/mol. The lowest BCUT2D eigenvalue weighted by Crippen LogP contribution is -2.14. The normalized spacial score (nSPS) is 21.4. The molecule has 0 amide bonds. The highest BCUT2D eigenvalue weighted by molar-refractivity contribution is 7.20. The second-order valence-corrected chi connectivity index (χ2v) is 5.45. The van der Waals surface area contributed by atoms with Gasteiger partial charge in [-0.1, -0.05) is 23.2 Å². The van der Waals surface area contributed by atoms with Crippen molar-refractivity contribution >= 4 is 40.3 Å². The fourth-order valence-corrected chi connectivity index (χ4v) is 2.94. The fourth-order valence-electron chi connectivity index (χ4n) is 1.47. The number of carbonyl (C=O) groups excluding carboxylic acids is 1. The molecule has 0 N–H and O–H groups in total. The zero-order valence-electron chi connectivity index (χ0n) is 7.26. The third-order valence-corrected chi connectivity index (χ3v) is 3.71. The maximum absolute atomic E-state index is 11.9. The number of halogens is 2. The molecule has 0 saturated carbocycles. The van der Waals surface area contributed by atoms with Crippen LogP contribution in [-0.2, 0) is 4.74 Å². The maximum Gasteiger partial charge on any atom is 0.170 e. The van der Waals surface area contributed by atoms with Crippen LogP contribution >= 0.6 is 34.5 Å². The van der Waals surface area contributed by atoms with Crippen LogP contribution in [0.3, 0.4) is 0 Å². The first-order chi connectivity index (χ1) is 6.68. The number of ether oxygens (including phenoxy) is 1. The second-order valence-electron chi connectivity index (χ2n) is 3.16. The van der Waals surface area contributed by atoms with Crippen molar-refractivity contribution in [1.82, 2.24) is 0 Å². The highest BCUT2D eigenvalue weighted by atomic mass is 35.5. The van der Waals surface area contributed by atoms with Crippen LogP contribution in [0, 0.1) is 5.92 Å². The van der Waals surface area contributed by atoms with Gasteiger partial charge in [0.1, 0.15) is 4.34 Å². The summed E-state index contributed by atoms with van der Waals surface area (Å²) in [6, 6.07) is 1.63. The van der Waals surface area contributed by atoms with Gasteiger partial charge in [0.05, 0.1) is 10.9 Å². The van der Waals surface area contributed by atoms with Crippen molar-refractivity contribution < 1.29 is 9.53 Å².